The van der Waals surface area contributed by atoms with Crippen LogP contribution in [0.25, 0.3) is 6.08 Å². The summed E-state index contributed by atoms with van der Waals surface area (Å²) < 4.78 is 10.8. The van der Waals surface area contributed by atoms with E-state index in [2.05, 4.69) is 4.99 Å². The quantitative estimate of drug-likeness (QED) is 0.329. The zero-order valence-corrected chi connectivity index (χ0v) is 15.3. The third kappa shape index (κ3) is 4.32. The number of halogens is 1. The van der Waals surface area contributed by atoms with Crippen molar-refractivity contribution in [2.45, 2.75) is 20.0 Å². The molecular weight excluding hydrogens is 372 g/mol. The molecule has 1 aliphatic heterocycles. The molecule has 0 saturated carbocycles. The van der Waals surface area contributed by atoms with E-state index in [4.69, 9.17) is 21.1 Å². The average Bonchev–Trinajstić information content (AvgIpc) is 2.94. The summed E-state index contributed by atoms with van der Waals surface area (Å²) >= 11 is 6.07. The van der Waals surface area contributed by atoms with Crippen LogP contribution < -0.4 is 4.74 Å². The van der Waals surface area contributed by atoms with Crippen molar-refractivity contribution < 1.29 is 19.2 Å². The summed E-state index contributed by atoms with van der Waals surface area (Å²) in [6, 6.07) is 11.1. The Hall–Kier alpha value is -3.19. The molecule has 138 valence electrons. The van der Waals surface area contributed by atoms with Gasteiger partial charge in [0.15, 0.2) is 5.70 Å². The summed E-state index contributed by atoms with van der Waals surface area (Å²) in [5, 5.41) is 10.9. The lowest BCUT2D eigenvalue weighted by molar-refractivity contribution is -0.384. The molecule has 3 rings (SSSR count). The third-order valence-electron chi connectivity index (χ3n) is 3.55. The summed E-state index contributed by atoms with van der Waals surface area (Å²) in [7, 11) is 0. The van der Waals surface area contributed by atoms with Gasteiger partial charge in [-0.3, -0.25) is 10.1 Å². The molecule has 0 spiro atoms. The highest BCUT2D eigenvalue weighted by atomic mass is 35.5. The Balaban J connectivity index is 1.90. The second-order valence-corrected chi connectivity index (χ2v) is 6.40. The number of nitrogens with zero attached hydrogens (tertiary/aromatic N) is 2. The number of hydrogen-bond acceptors (Lipinski definition) is 6. The summed E-state index contributed by atoms with van der Waals surface area (Å²) in [5.74, 6) is 0.0451. The normalized spacial score (nSPS) is 15.0. The zero-order chi connectivity index (χ0) is 19.6. The number of rotatable bonds is 5. The van der Waals surface area contributed by atoms with E-state index in [1.165, 1.54) is 18.2 Å². The van der Waals surface area contributed by atoms with E-state index in [0.29, 0.717) is 11.3 Å². The summed E-state index contributed by atoms with van der Waals surface area (Å²) in [4.78, 5) is 26.5. The molecule has 0 aromatic heterocycles. The number of carbonyl (C=O) groups excluding carboxylic acids is 1. The minimum Gasteiger partial charge on any atom is -0.491 e. The van der Waals surface area contributed by atoms with Gasteiger partial charge in [-0.1, -0.05) is 23.7 Å². The van der Waals surface area contributed by atoms with Gasteiger partial charge in [-0.15, -0.1) is 0 Å². The van der Waals surface area contributed by atoms with Crippen molar-refractivity contribution in [1.82, 2.24) is 0 Å². The number of carbonyl (C=O) groups is 1. The van der Waals surface area contributed by atoms with Crippen molar-refractivity contribution in [3.63, 3.8) is 0 Å². The lowest BCUT2D eigenvalue weighted by Crippen LogP contribution is -2.06. The van der Waals surface area contributed by atoms with E-state index in [9.17, 15) is 14.9 Å². The molecule has 0 aliphatic carbocycles. The molecule has 0 atom stereocenters. The summed E-state index contributed by atoms with van der Waals surface area (Å²) in [6.45, 7) is 3.84. The minimum absolute atomic E-state index is 0.000679. The van der Waals surface area contributed by atoms with Crippen LogP contribution in [0.2, 0.25) is 5.02 Å². The Bertz CT molecular complexity index is 982. The van der Waals surface area contributed by atoms with Crippen molar-refractivity contribution in [1.29, 1.82) is 0 Å². The van der Waals surface area contributed by atoms with Gasteiger partial charge in [0.05, 0.1) is 21.6 Å². The van der Waals surface area contributed by atoms with Crippen LogP contribution in [0.15, 0.2) is 53.2 Å². The number of aliphatic imine (C=N–C) groups is 1. The first-order valence-corrected chi connectivity index (χ1v) is 8.45. The predicted octanol–water partition coefficient (Wildman–Crippen LogP) is 4.38. The first kappa shape index (κ1) is 18.6. The topological polar surface area (TPSA) is 91.0 Å². The van der Waals surface area contributed by atoms with Crippen LogP contribution >= 0.6 is 11.6 Å². The highest BCUT2D eigenvalue weighted by Crippen LogP contribution is 2.27. The smallest absolute Gasteiger partial charge is 0.363 e. The molecule has 2 aromatic carbocycles. The van der Waals surface area contributed by atoms with Gasteiger partial charge in [-0.25, -0.2) is 9.79 Å². The van der Waals surface area contributed by atoms with Gasteiger partial charge in [0, 0.05) is 12.1 Å². The van der Waals surface area contributed by atoms with Crippen molar-refractivity contribution in [3.8, 4) is 5.75 Å². The van der Waals surface area contributed by atoms with Crippen LogP contribution in [0.3, 0.4) is 0 Å². The largest absolute Gasteiger partial charge is 0.491 e. The molecule has 0 bridgehead atoms. The van der Waals surface area contributed by atoms with E-state index in [1.54, 1.807) is 18.2 Å². The zero-order valence-electron chi connectivity index (χ0n) is 14.5. The maximum absolute atomic E-state index is 12.1. The standard InChI is InChI=1S/C19H15ClN2O5/c1-11(2)26-14-5-3-4-12(8-14)9-17-19(23)27-18(21-17)15-7-6-13(22(24)25)10-16(15)20/h3-11H,1-2H3/b17-9-. The minimum atomic E-state index is -0.630. The van der Waals surface area contributed by atoms with Crippen LogP contribution in [-0.2, 0) is 9.53 Å². The fourth-order valence-corrected chi connectivity index (χ4v) is 2.68. The Labute approximate surface area is 160 Å². The van der Waals surface area contributed by atoms with Gasteiger partial charge in [-0.05, 0) is 43.7 Å². The molecule has 27 heavy (non-hydrogen) atoms. The van der Waals surface area contributed by atoms with Crippen LogP contribution in [0.1, 0.15) is 25.0 Å². The summed E-state index contributed by atoms with van der Waals surface area (Å²) in [6.07, 6.45) is 1.60. The number of benzene rings is 2. The second-order valence-electron chi connectivity index (χ2n) is 6.00. The molecule has 0 saturated heterocycles. The molecule has 0 unspecified atom stereocenters. The Morgan fingerprint density at radius 1 is 1.26 bits per heavy atom. The van der Waals surface area contributed by atoms with Gasteiger partial charge >= 0.3 is 5.97 Å². The molecule has 1 aliphatic rings. The average molecular weight is 387 g/mol. The van der Waals surface area contributed by atoms with Gasteiger partial charge in [-0.2, -0.15) is 0 Å². The molecule has 2 aromatic rings. The fourth-order valence-electron chi connectivity index (χ4n) is 2.42. The number of hydrogen-bond donors (Lipinski definition) is 0. The highest BCUT2D eigenvalue weighted by molar-refractivity contribution is 6.34. The van der Waals surface area contributed by atoms with Crippen molar-refractivity contribution in [2.75, 3.05) is 0 Å². The Kier molecular flexibility index (Phi) is 5.23. The van der Waals surface area contributed by atoms with Crippen LogP contribution in [0.4, 0.5) is 5.69 Å². The number of cyclic esters (lactones) is 1. The Morgan fingerprint density at radius 2 is 2.04 bits per heavy atom. The molecule has 1 heterocycles. The van der Waals surface area contributed by atoms with Crippen LogP contribution in [0.5, 0.6) is 5.75 Å². The van der Waals surface area contributed by atoms with Crippen molar-refractivity contribution in [3.05, 3.63) is 74.4 Å². The lowest BCUT2D eigenvalue weighted by atomic mass is 10.2. The molecule has 0 amide bonds. The molecule has 8 heteroatoms. The van der Waals surface area contributed by atoms with E-state index >= 15 is 0 Å². The molecule has 7 nitrogen and oxygen atoms in total. The number of nitro groups is 1. The predicted molar refractivity (Wildman–Crippen MR) is 101 cm³/mol. The third-order valence-corrected chi connectivity index (χ3v) is 3.86. The van der Waals surface area contributed by atoms with Crippen LogP contribution in [0, 0.1) is 10.1 Å². The highest BCUT2D eigenvalue weighted by Gasteiger charge is 2.26. The lowest BCUT2D eigenvalue weighted by Gasteiger charge is -2.09. The number of nitro benzene ring substituents is 1. The molecule has 0 radical (unpaired) electrons. The van der Waals surface area contributed by atoms with E-state index in [1.807, 2.05) is 26.0 Å². The van der Waals surface area contributed by atoms with Gasteiger partial charge in [0.2, 0.25) is 5.90 Å². The fraction of sp³-hybridized carbons (Fsp3) is 0.158. The van der Waals surface area contributed by atoms with Gasteiger partial charge < -0.3 is 9.47 Å². The molecular formula is C19H15ClN2O5. The monoisotopic (exact) mass is 386 g/mol. The van der Waals surface area contributed by atoms with Crippen molar-refractivity contribution in [2.24, 2.45) is 4.99 Å². The number of ether oxygens (including phenoxy) is 2. The molecule has 0 fully saturated rings. The summed E-state index contributed by atoms with van der Waals surface area (Å²) in [5.41, 5.74) is 0.961. The second kappa shape index (κ2) is 7.59. The SMILES string of the molecule is CC(C)Oc1cccc(/C=C2\N=C(c3ccc([N+](=O)[O-])cc3Cl)OC2=O)c1. The number of esters is 1. The van der Waals surface area contributed by atoms with E-state index in [-0.39, 0.29) is 28.4 Å². The molecule has 0 N–H and O–H groups in total. The Morgan fingerprint density at radius 3 is 2.70 bits per heavy atom. The maximum atomic E-state index is 12.1. The van der Waals surface area contributed by atoms with Gasteiger partial charge in [0.25, 0.3) is 5.69 Å². The first-order chi connectivity index (χ1) is 12.8. The number of non-ortho nitro benzene ring substituents is 1. The van der Waals surface area contributed by atoms with E-state index in [0.717, 1.165) is 5.56 Å². The van der Waals surface area contributed by atoms with Crippen molar-refractivity contribution >= 4 is 35.2 Å². The van der Waals surface area contributed by atoms with Crippen LogP contribution in [-0.4, -0.2) is 22.9 Å². The first-order valence-electron chi connectivity index (χ1n) is 8.07. The van der Waals surface area contributed by atoms with E-state index < -0.39 is 10.9 Å². The van der Waals surface area contributed by atoms with Gasteiger partial charge in [0.1, 0.15) is 5.75 Å². The maximum Gasteiger partial charge on any atom is 0.363 e.